The molecule has 2 N–H and O–H groups in total. The number of aromatic amines is 1. The van der Waals surface area contributed by atoms with Crippen LogP contribution in [0.4, 0.5) is 5.95 Å². The number of hydrogen-bond donors (Lipinski definition) is 2. The third kappa shape index (κ3) is 4.84. The van der Waals surface area contributed by atoms with Gasteiger partial charge in [-0.15, -0.1) is 0 Å². The summed E-state index contributed by atoms with van der Waals surface area (Å²) in [5, 5.41) is 4.07. The van der Waals surface area contributed by atoms with Crippen molar-refractivity contribution in [2.45, 2.75) is 20.3 Å². The lowest BCUT2D eigenvalue weighted by Crippen LogP contribution is -2.10. The number of aryl methyl sites for hydroxylation is 1. The first kappa shape index (κ1) is 16.5. The van der Waals surface area contributed by atoms with E-state index in [2.05, 4.69) is 20.5 Å². The highest BCUT2D eigenvalue weighted by Crippen LogP contribution is 2.27. The van der Waals surface area contributed by atoms with E-state index >= 15 is 0 Å². The Morgan fingerprint density at radius 3 is 2.87 bits per heavy atom. The van der Waals surface area contributed by atoms with E-state index < -0.39 is 0 Å². The van der Waals surface area contributed by atoms with Gasteiger partial charge in [0, 0.05) is 11.8 Å². The Bertz CT molecular complexity index is 740. The number of anilines is 1. The zero-order valence-corrected chi connectivity index (χ0v) is 13.4. The molecule has 0 aliphatic heterocycles. The lowest BCUT2D eigenvalue weighted by molar-refractivity contribution is 0.294. The predicted octanol–water partition coefficient (Wildman–Crippen LogP) is 2.32. The molecule has 0 amide bonds. The quantitative estimate of drug-likeness (QED) is 0.604. The lowest BCUT2D eigenvalue weighted by Gasteiger charge is -2.10. The fourth-order valence-electron chi connectivity index (χ4n) is 1.90. The van der Waals surface area contributed by atoms with Crippen molar-refractivity contribution < 1.29 is 9.47 Å². The van der Waals surface area contributed by atoms with Crippen molar-refractivity contribution in [1.82, 2.24) is 9.97 Å². The Morgan fingerprint density at radius 1 is 1.35 bits per heavy atom. The molecule has 23 heavy (non-hydrogen) atoms. The van der Waals surface area contributed by atoms with E-state index in [-0.39, 0.29) is 5.56 Å². The summed E-state index contributed by atoms with van der Waals surface area (Å²) < 4.78 is 10.9. The average molecular weight is 316 g/mol. The molecule has 1 aromatic carbocycles. The second-order valence-corrected chi connectivity index (χ2v) is 4.86. The zero-order valence-electron chi connectivity index (χ0n) is 13.4. The van der Waals surface area contributed by atoms with Gasteiger partial charge in [0.2, 0.25) is 5.95 Å². The molecule has 0 bridgehead atoms. The predicted molar refractivity (Wildman–Crippen MR) is 89.6 cm³/mol. The molecule has 7 nitrogen and oxygen atoms in total. The molecule has 0 spiro atoms. The van der Waals surface area contributed by atoms with Gasteiger partial charge in [-0.1, -0.05) is 6.92 Å². The highest BCUT2D eigenvalue weighted by atomic mass is 16.5. The van der Waals surface area contributed by atoms with Crippen molar-refractivity contribution in [3.05, 3.63) is 45.9 Å². The Morgan fingerprint density at radius 2 is 2.17 bits per heavy atom. The molecule has 0 saturated heterocycles. The molecule has 0 saturated carbocycles. The van der Waals surface area contributed by atoms with Crippen molar-refractivity contribution >= 4 is 12.2 Å². The van der Waals surface area contributed by atoms with Crippen LogP contribution in [0.15, 0.2) is 34.2 Å². The number of ether oxygens (including phenoxy) is 2. The van der Waals surface area contributed by atoms with Crippen LogP contribution >= 0.6 is 0 Å². The van der Waals surface area contributed by atoms with Crippen molar-refractivity contribution in [2.75, 3.05) is 19.1 Å². The van der Waals surface area contributed by atoms with Crippen LogP contribution in [0.2, 0.25) is 0 Å². The van der Waals surface area contributed by atoms with Gasteiger partial charge in [-0.05, 0) is 37.1 Å². The second kappa shape index (κ2) is 7.98. The van der Waals surface area contributed by atoms with Gasteiger partial charge in [0.1, 0.15) is 0 Å². The van der Waals surface area contributed by atoms with Gasteiger partial charge in [0.25, 0.3) is 5.56 Å². The number of aromatic nitrogens is 2. The van der Waals surface area contributed by atoms with E-state index in [1.54, 1.807) is 20.2 Å². The topological polar surface area (TPSA) is 88.6 Å². The van der Waals surface area contributed by atoms with E-state index in [9.17, 15) is 4.79 Å². The van der Waals surface area contributed by atoms with E-state index in [1.165, 1.54) is 6.07 Å². The normalized spacial score (nSPS) is 10.7. The summed E-state index contributed by atoms with van der Waals surface area (Å²) >= 11 is 0. The first-order valence-electron chi connectivity index (χ1n) is 7.30. The third-order valence-corrected chi connectivity index (χ3v) is 2.90. The molecule has 0 aliphatic carbocycles. The number of nitrogens with one attached hydrogen (secondary N) is 2. The van der Waals surface area contributed by atoms with Crippen molar-refractivity contribution in [3.8, 4) is 11.5 Å². The number of H-pyrrole nitrogens is 1. The van der Waals surface area contributed by atoms with Gasteiger partial charge in [0.05, 0.1) is 19.9 Å². The smallest absolute Gasteiger partial charge is 0.252 e. The summed E-state index contributed by atoms with van der Waals surface area (Å²) in [4.78, 5) is 18.0. The van der Waals surface area contributed by atoms with E-state index in [0.29, 0.717) is 29.7 Å². The van der Waals surface area contributed by atoms with Crippen molar-refractivity contribution in [3.63, 3.8) is 0 Å². The lowest BCUT2D eigenvalue weighted by atomic mass is 10.2. The fraction of sp³-hybridized carbons (Fsp3) is 0.312. The van der Waals surface area contributed by atoms with Crippen molar-refractivity contribution in [1.29, 1.82) is 0 Å². The molecule has 1 heterocycles. The Labute approximate surface area is 134 Å². The van der Waals surface area contributed by atoms with Gasteiger partial charge >= 0.3 is 0 Å². The van der Waals surface area contributed by atoms with Crippen LogP contribution in [-0.4, -0.2) is 29.9 Å². The highest BCUT2D eigenvalue weighted by Gasteiger charge is 2.04. The summed E-state index contributed by atoms with van der Waals surface area (Å²) in [5.41, 5.74) is 3.92. The molecule has 7 heteroatoms. The van der Waals surface area contributed by atoms with Gasteiger partial charge in [-0.3, -0.25) is 9.78 Å². The monoisotopic (exact) mass is 316 g/mol. The second-order valence-electron chi connectivity index (χ2n) is 4.86. The fourth-order valence-corrected chi connectivity index (χ4v) is 1.90. The molecule has 2 rings (SSSR count). The molecule has 0 unspecified atom stereocenters. The molecule has 0 fully saturated rings. The summed E-state index contributed by atoms with van der Waals surface area (Å²) in [5.74, 6) is 1.64. The molecule has 0 radical (unpaired) electrons. The van der Waals surface area contributed by atoms with Crippen LogP contribution in [-0.2, 0) is 0 Å². The van der Waals surface area contributed by atoms with Crippen LogP contribution in [0.3, 0.4) is 0 Å². The van der Waals surface area contributed by atoms with Crippen LogP contribution in [0.1, 0.15) is 24.6 Å². The Balaban J connectivity index is 2.10. The van der Waals surface area contributed by atoms with Crippen LogP contribution < -0.4 is 20.5 Å². The minimum absolute atomic E-state index is 0.227. The minimum Gasteiger partial charge on any atom is -0.493 e. The number of methoxy groups -OCH3 is 1. The number of benzene rings is 1. The first-order valence-corrected chi connectivity index (χ1v) is 7.30. The molecule has 0 aliphatic rings. The SMILES string of the molecule is CCCOc1cc(/C=N\Nc2nc(C)cc(=O)[nH]2)ccc1OC. The average Bonchev–Trinajstić information content (AvgIpc) is 2.52. The number of hydrogen-bond acceptors (Lipinski definition) is 6. The molecule has 122 valence electrons. The maximum Gasteiger partial charge on any atom is 0.252 e. The first-order chi connectivity index (χ1) is 11.1. The van der Waals surface area contributed by atoms with Crippen LogP contribution in [0, 0.1) is 6.92 Å². The molecule has 1 aromatic heterocycles. The Kier molecular flexibility index (Phi) is 5.74. The third-order valence-electron chi connectivity index (χ3n) is 2.90. The standard InChI is InChI=1S/C16H20N4O3/c1-4-7-23-14-9-12(5-6-13(14)22-3)10-17-20-16-18-11(2)8-15(21)19-16/h5-6,8-10H,4,7H2,1-3H3,(H2,18,19,20,21)/b17-10-. The molecular formula is C16H20N4O3. The highest BCUT2D eigenvalue weighted by molar-refractivity contribution is 5.81. The maximum absolute atomic E-state index is 11.3. The largest absolute Gasteiger partial charge is 0.493 e. The summed E-state index contributed by atoms with van der Waals surface area (Å²) in [6.07, 6.45) is 2.52. The van der Waals surface area contributed by atoms with Crippen LogP contribution in [0.5, 0.6) is 11.5 Å². The van der Waals surface area contributed by atoms with Crippen molar-refractivity contribution in [2.24, 2.45) is 5.10 Å². The molecule has 0 atom stereocenters. The molecule has 2 aromatic rings. The summed E-state index contributed by atoms with van der Waals surface area (Å²) in [7, 11) is 1.60. The number of rotatable bonds is 7. The number of hydrazone groups is 1. The maximum atomic E-state index is 11.3. The van der Waals surface area contributed by atoms with Gasteiger partial charge < -0.3 is 9.47 Å². The minimum atomic E-state index is -0.227. The zero-order chi connectivity index (χ0) is 16.7. The van der Waals surface area contributed by atoms with Gasteiger partial charge in [-0.25, -0.2) is 10.4 Å². The van der Waals surface area contributed by atoms with Crippen LogP contribution in [0.25, 0.3) is 0 Å². The van der Waals surface area contributed by atoms with E-state index in [4.69, 9.17) is 9.47 Å². The summed E-state index contributed by atoms with van der Waals surface area (Å²) in [6.45, 7) is 4.39. The number of nitrogens with zero attached hydrogens (tertiary/aromatic N) is 2. The van der Waals surface area contributed by atoms with E-state index in [0.717, 1.165) is 12.0 Å². The summed E-state index contributed by atoms with van der Waals surface area (Å²) in [6, 6.07) is 6.93. The van der Waals surface area contributed by atoms with Gasteiger partial charge in [0.15, 0.2) is 11.5 Å². The Hall–Kier alpha value is -2.83. The van der Waals surface area contributed by atoms with E-state index in [1.807, 2.05) is 25.1 Å². The molecular weight excluding hydrogens is 296 g/mol. The van der Waals surface area contributed by atoms with Gasteiger partial charge in [-0.2, -0.15) is 5.10 Å².